The number of carbonyl (C=O) groups excluding carboxylic acids is 2. The van der Waals surface area contributed by atoms with Crippen molar-refractivity contribution in [3.8, 4) is 0 Å². The fourth-order valence-electron chi connectivity index (χ4n) is 0.932. The highest BCUT2D eigenvalue weighted by atomic mass is 33.1. The lowest BCUT2D eigenvalue weighted by molar-refractivity contribution is -0.128. The van der Waals surface area contributed by atoms with Gasteiger partial charge in [0.15, 0.2) is 0 Å². The molecule has 2 amide bonds. The lowest BCUT2D eigenvalue weighted by Gasteiger charge is -2.18. The van der Waals surface area contributed by atoms with E-state index in [1.165, 1.54) is 0 Å². The van der Waals surface area contributed by atoms with Crippen molar-refractivity contribution in [3.05, 3.63) is 0 Å². The van der Waals surface area contributed by atoms with Crippen LogP contribution in [0.4, 0.5) is 0 Å². The van der Waals surface area contributed by atoms with Gasteiger partial charge in [0, 0.05) is 23.1 Å². The summed E-state index contributed by atoms with van der Waals surface area (Å²) < 4.78 is 0. The summed E-state index contributed by atoms with van der Waals surface area (Å²) in [6.07, 6.45) is 0. The largest absolute Gasteiger partial charge is 0.355 e. The molecule has 2 N–H and O–H groups in total. The minimum Gasteiger partial charge on any atom is -0.355 e. The maximum absolute atomic E-state index is 11.6. The summed E-state index contributed by atoms with van der Waals surface area (Å²) in [5.74, 6) is 1.55. The van der Waals surface area contributed by atoms with Crippen LogP contribution in [-0.4, -0.2) is 30.0 Å². The molecule has 0 unspecified atom stereocenters. The van der Waals surface area contributed by atoms with Gasteiger partial charge in [-0.15, -0.1) is 0 Å². The molecular formula is C13H26N2O2S2. The van der Waals surface area contributed by atoms with Crippen molar-refractivity contribution in [2.24, 2.45) is 10.8 Å². The van der Waals surface area contributed by atoms with E-state index in [0.717, 1.165) is 5.75 Å². The molecule has 0 aromatic rings. The van der Waals surface area contributed by atoms with E-state index in [0.29, 0.717) is 12.4 Å². The van der Waals surface area contributed by atoms with E-state index < -0.39 is 0 Å². The van der Waals surface area contributed by atoms with Crippen molar-refractivity contribution in [1.82, 2.24) is 10.6 Å². The Hall–Kier alpha value is -0.360. The summed E-state index contributed by atoms with van der Waals surface area (Å²) in [7, 11) is 3.24. The summed E-state index contributed by atoms with van der Waals surface area (Å²) in [6, 6.07) is 0. The first kappa shape index (κ1) is 18.6. The molecule has 0 spiro atoms. The molecule has 6 heteroatoms. The van der Waals surface area contributed by atoms with Crippen LogP contribution in [0.3, 0.4) is 0 Å². The van der Waals surface area contributed by atoms with Crippen LogP contribution in [0.5, 0.6) is 0 Å². The van der Waals surface area contributed by atoms with E-state index in [4.69, 9.17) is 0 Å². The first-order chi connectivity index (χ1) is 8.55. The zero-order valence-electron chi connectivity index (χ0n) is 12.8. The number of hydrogen-bond donors (Lipinski definition) is 2. The highest BCUT2D eigenvalue weighted by Crippen LogP contribution is 2.20. The van der Waals surface area contributed by atoms with Gasteiger partial charge in [0.1, 0.15) is 0 Å². The molecule has 0 aromatic heterocycles. The summed E-state index contributed by atoms with van der Waals surface area (Å²) in [6.45, 7) is 12.0. The van der Waals surface area contributed by atoms with Crippen LogP contribution >= 0.6 is 21.6 Å². The van der Waals surface area contributed by atoms with E-state index in [1.807, 2.05) is 41.5 Å². The number of rotatable bonds is 6. The Morgan fingerprint density at radius 1 is 0.842 bits per heavy atom. The number of nitrogens with one attached hydrogen (secondary N) is 2. The molecule has 4 nitrogen and oxygen atoms in total. The Bertz CT molecular complexity index is 277. The Balaban J connectivity index is 3.53. The standard InChI is InChI=1S/C13H26N2O2S2/c1-12(2,3)10(16)14-7-8-18-19-9-15-11(17)13(4,5)6/h7-9H2,1-6H3,(H,14,16)(H,15,17). The van der Waals surface area contributed by atoms with Gasteiger partial charge >= 0.3 is 0 Å². The van der Waals surface area contributed by atoms with Crippen molar-refractivity contribution in [1.29, 1.82) is 0 Å². The summed E-state index contributed by atoms with van der Waals surface area (Å²) in [4.78, 5) is 23.1. The smallest absolute Gasteiger partial charge is 0.226 e. The van der Waals surface area contributed by atoms with E-state index in [9.17, 15) is 9.59 Å². The minimum absolute atomic E-state index is 0.0571. The van der Waals surface area contributed by atoms with E-state index in [-0.39, 0.29) is 22.6 Å². The number of amides is 2. The maximum atomic E-state index is 11.6. The van der Waals surface area contributed by atoms with E-state index in [1.54, 1.807) is 21.6 Å². The average molecular weight is 306 g/mol. The van der Waals surface area contributed by atoms with Crippen molar-refractivity contribution in [2.75, 3.05) is 18.2 Å². The molecule has 0 saturated carbocycles. The molecule has 112 valence electrons. The predicted octanol–water partition coefficient (Wildman–Crippen LogP) is 2.65. The SMILES string of the molecule is CC(C)(C)C(=O)NCCSSCNC(=O)C(C)(C)C. The normalized spacial score (nSPS) is 12.1. The highest BCUT2D eigenvalue weighted by Gasteiger charge is 2.21. The number of hydrogen-bond acceptors (Lipinski definition) is 4. The van der Waals surface area contributed by atoms with Gasteiger partial charge in [-0.1, -0.05) is 63.1 Å². The van der Waals surface area contributed by atoms with Crippen LogP contribution in [0, 0.1) is 10.8 Å². The van der Waals surface area contributed by atoms with Crippen molar-refractivity contribution < 1.29 is 9.59 Å². The molecule has 0 radical (unpaired) electrons. The van der Waals surface area contributed by atoms with Gasteiger partial charge in [-0.05, 0) is 0 Å². The van der Waals surface area contributed by atoms with Crippen LogP contribution in [-0.2, 0) is 9.59 Å². The third-order valence-corrected chi connectivity index (χ3v) is 4.36. The monoisotopic (exact) mass is 306 g/mol. The van der Waals surface area contributed by atoms with Crippen LogP contribution in [0.1, 0.15) is 41.5 Å². The first-order valence-electron chi connectivity index (χ1n) is 6.36. The fourth-order valence-corrected chi connectivity index (χ4v) is 2.54. The quantitative estimate of drug-likeness (QED) is 0.450. The number of carbonyl (C=O) groups is 2. The molecule has 0 aromatic carbocycles. The summed E-state index contributed by atoms with van der Waals surface area (Å²) in [5.41, 5.74) is -0.676. The minimum atomic E-state index is -0.341. The Morgan fingerprint density at radius 2 is 1.32 bits per heavy atom. The lowest BCUT2D eigenvalue weighted by atomic mass is 9.96. The van der Waals surface area contributed by atoms with Crippen molar-refractivity contribution in [3.63, 3.8) is 0 Å². The van der Waals surface area contributed by atoms with E-state index in [2.05, 4.69) is 10.6 Å². The van der Waals surface area contributed by atoms with Crippen LogP contribution in [0.2, 0.25) is 0 Å². The van der Waals surface area contributed by atoms with Crippen LogP contribution in [0.25, 0.3) is 0 Å². The second-order valence-electron chi connectivity index (χ2n) is 6.35. The van der Waals surface area contributed by atoms with Crippen molar-refractivity contribution in [2.45, 2.75) is 41.5 Å². The summed E-state index contributed by atoms with van der Waals surface area (Å²) in [5, 5.41) is 5.75. The molecule has 0 aliphatic rings. The third kappa shape index (κ3) is 9.21. The molecule has 0 fully saturated rings. The fraction of sp³-hybridized carbons (Fsp3) is 0.846. The first-order valence-corrected chi connectivity index (χ1v) is 8.85. The molecule has 0 heterocycles. The molecule has 19 heavy (non-hydrogen) atoms. The zero-order chi connectivity index (χ0) is 15.1. The second-order valence-corrected chi connectivity index (χ2v) is 8.93. The van der Waals surface area contributed by atoms with Gasteiger partial charge in [-0.25, -0.2) is 0 Å². The van der Waals surface area contributed by atoms with Gasteiger partial charge in [0.05, 0.1) is 5.88 Å². The van der Waals surface area contributed by atoms with Gasteiger partial charge in [-0.2, -0.15) is 0 Å². The Morgan fingerprint density at radius 3 is 1.79 bits per heavy atom. The molecule has 0 rings (SSSR count). The topological polar surface area (TPSA) is 58.2 Å². The Labute approximate surface area is 124 Å². The molecule has 0 atom stereocenters. The molecule has 0 bridgehead atoms. The summed E-state index contributed by atoms with van der Waals surface area (Å²) >= 11 is 0. The Kier molecular flexibility index (Phi) is 7.89. The molecular weight excluding hydrogens is 280 g/mol. The third-order valence-electron chi connectivity index (χ3n) is 2.21. The predicted molar refractivity (Wildman–Crippen MR) is 85.0 cm³/mol. The van der Waals surface area contributed by atoms with Crippen LogP contribution < -0.4 is 10.6 Å². The molecule has 0 aliphatic carbocycles. The molecule has 0 saturated heterocycles. The lowest BCUT2D eigenvalue weighted by Crippen LogP contribution is -2.36. The average Bonchev–Trinajstić information content (AvgIpc) is 2.24. The van der Waals surface area contributed by atoms with Gasteiger partial charge in [-0.3, -0.25) is 9.59 Å². The second kappa shape index (κ2) is 8.04. The zero-order valence-corrected chi connectivity index (χ0v) is 14.4. The van der Waals surface area contributed by atoms with Gasteiger partial charge < -0.3 is 10.6 Å². The highest BCUT2D eigenvalue weighted by molar-refractivity contribution is 8.76. The van der Waals surface area contributed by atoms with Gasteiger partial charge in [0.2, 0.25) is 11.8 Å². The van der Waals surface area contributed by atoms with Crippen LogP contribution in [0.15, 0.2) is 0 Å². The molecule has 0 aliphatic heterocycles. The maximum Gasteiger partial charge on any atom is 0.226 e. The van der Waals surface area contributed by atoms with Gasteiger partial charge in [0.25, 0.3) is 0 Å². The van der Waals surface area contributed by atoms with Crippen molar-refractivity contribution >= 4 is 33.4 Å². The van der Waals surface area contributed by atoms with E-state index >= 15 is 0 Å².